The highest BCUT2D eigenvalue weighted by molar-refractivity contribution is 6.31. The minimum atomic E-state index is -0.0710. The van der Waals surface area contributed by atoms with Crippen LogP contribution in [0.4, 0.5) is 0 Å². The minimum Gasteiger partial charge on any atom is -0.387 e. The molecule has 2 aromatic rings. The van der Waals surface area contributed by atoms with Crippen LogP contribution in [0.15, 0.2) is 58.7 Å². The number of benzene rings is 2. The van der Waals surface area contributed by atoms with E-state index < -0.39 is 0 Å². The number of nitrogens with zero attached hydrogens (tertiary/aromatic N) is 2. The van der Waals surface area contributed by atoms with E-state index in [0.717, 1.165) is 11.8 Å². The first-order valence-electron chi connectivity index (χ1n) is 7.39. The molecule has 0 heterocycles. The van der Waals surface area contributed by atoms with Crippen molar-refractivity contribution in [2.24, 2.45) is 33.1 Å². The van der Waals surface area contributed by atoms with Crippen LogP contribution in [0.1, 0.15) is 15.9 Å². The minimum absolute atomic E-state index is 0. The van der Waals surface area contributed by atoms with E-state index in [1.807, 2.05) is 12.1 Å². The highest BCUT2D eigenvalue weighted by Crippen LogP contribution is 2.09. The van der Waals surface area contributed by atoms with Crippen LogP contribution in [0.2, 0.25) is 10.0 Å². The van der Waals surface area contributed by atoms with Gasteiger partial charge in [0, 0.05) is 15.6 Å². The Kier molecular flexibility index (Phi) is 16.3. The molecule has 0 unspecified atom stereocenters. The number of amidine groups is 1. The molecule has 2 aromatic carbocycles. The zero-order valence-corrected chi connectivity index (χ0v) is 17.1. The molecule has 9 N–H and O–H groups in total. The third-order valence-corrected chi connectivity index (χ3v) is 2.90. The van der Waals surface area contributed by atoms with Crippen molar-refractivity contribution in [1.29, 1.82) is 5.41 Å². The molecule has 0 fully saturated rings. The largest absolute Gasteiger partial charge is 0.387 e. The van der Waals surface area contributed by atoms with Gasteiger partial charge in [-0.15, -0.1) is 17.5 Å². The standard InChI is InChI=1S/C8H9ClN4.C7H5ClO.C2H7N3.ClH/c9-7-3-1-2-6(4-7)5-12-13-8(10)11;8-7-3-1-2-6(4-7)5-9;3-1-2(4)5;/h1-5H,(H4,10,11,13);1-5H;1,3H2,(H3,4,5);1H/b12-5+;;;. The van der Waals surface area contributed by atoms with Crippen LogP contribution in [-0.4, -0.2) is 30.8 Å². The molecular formula is C17H22Cl3N7O. The quantitative estimate of drug-likeness (QED) is 0.210. The van der Waals surface area contributed by atoms with Crippen LogP contribution in [-0.2, 0) is 0 Å². The summed E-state index contributed by atoms with van der Waals surface area (Å²) in [7, 11) is 0. The molecule has 0 saturated carbocycles. The third-order valence-electron chi connectivity index (χ3n) is 2.43. The zero-order chi connectivity index (χ0) is 20.7. The average Bonchev–Trinajstić information content (AvgIpc) is 2.62. The maximum atomic E-state index is 10.1. The first-order valence-corrected chi connectivity index (χ1v) is 8.15. The fourth-order valence-electron chi connectivity index (χ4n) is 1.33. The summed E-state index contributed by atoms with van der Waals surface area (Å²) in [6.07, 6.45) is 2.29. The molecule has 0 aliphatic heterocycles. The van der Waals surface area contributed by atoms with Gasteiger partial charge in [0.2, 0.25) is 5.96 Å². The van der Waals surface area contributed by atoms with Crippen LogP contribution < -0.4 is 22.9 Å². The Labute approximate surface area is 179 Å². The second-order valence-corrected chi connectivity index (χ2v) is 5.60. The van der Waals surface area contributed by atoms with Crippen molar-refractivity contribution in [1.82, 2.24) is 0 Å². The molecule has 2 rings (SSSR count). The lowest BCUT2D eigenvalue weighted by molar-refractivity contribution is 0.112. The molecule has 0 spiro atoms. The average molecular weight is 447 g/mol. The zero-order valence-electron chi connectivity index (χ0n) is 14.8. The van der Waals surface area contributed by atoms with Gasteiger partial charge in [-0.05, 0) is 29.8 Å². The fraction of sp³-hybridized carbons (Fsp3) is 0.0588. The molecule has 28 heavy (non-hydrogen) atoms. The number of hydrogen-bond donors (Lipinski definition) is 5. The number of hydrogen-bond acceptors (Lipinski definition) is 5. The second-order valence-electron chi connectivity index (χ2n) is 4.73. The van der Waals surface area contributed by atoms with Crippen molar-refractivity contribution in [3.63, 3.8) is 0 Å². The van der Waals surface area contributed by atoms with Crippen molar-refractivity contribution in [3.05, 3.63) is 69.7 Å². The van der Waals surface area contributed by atoms with Gasteiger partial charge in [0.25, 0.3) is 0 Å². The smallest absolute Gasteiger partial charge is 0.211 e. The Morgan fingerprint density at radius 3 is 1.82 bits per heavy atom. The molecule has 0 aliphatic carbocycles. The number of halogens is 3. The van der Waals surface area contributed by atoms with Crippen LogP contribution in [0.3, 0.4) is 0 Å². The number of guanidine groups is 1. The van der Waals surface area contributed by atoms with Gasteiger partial charge in [-0.2, -0.15) is 5.10 Å². The van der Waals surface area contributed by atoms with Gasteiger partial charge in [0.1, 0.15) is 12.1 Å². The fourth-order valence-corrected chi connectivity index (χ4v) is 1.73. The highest BCUT2D eigenvalue weighted by Gasteiger charge is 1.89. The molecule has 0 aliphatic rings. The van der Waals surface area contributed by atoms with Gasteiger partial charge < -0.3 is 22.9 Å². The summed E-state index contributed by atoms with van der Waals surface area (Å²) in [5.41, 5.74) is 21.2. The van der Waals surface area contributed by atoms with E-state index in [9.17, 15) is 4.79 Å². The molecule has 8 nitrogen and oxygen atoms in total. The van der Waals surface area contributed by atoms with E-state index in [1.165, 1.54) is 6.21 Å². The Morgan fingerprint density at radius 1 is 1.00 bits per heavy atom. The van der Waals surface area contributed by atoms with Gasteiger partial charge in [-0.25, -0.2) is 0 Å². The van der Waals surface area contributed by atoms with Gasteiger partial charge in [0.05, 0.1) is 12.8 Å². The number of carbonyl (C=O) groups is 1. The Morgan fingerprint density at radius 2 is 1.46 bits per heavy atom. The molecule has 0 saturated heterocycles. The van der Waals surface area contributed by atoms with Crippen LogP contribution in [0, 0.1) is 5.41 Å². The molecule has 11 heteroatoms. The van der Waals surface area contributed by atoms with Gasteiger partial charge in [0.15, 0.2) is 0 Å². The number of aldehydes is 1. The molecule has 0 amide bonds. The lowest BCUT2D eigenvalue weighted by Gasteiger charge is -1.91. The topological polar surface area (TPSA) is 170 Å². The molecular weight excluding hydrogens is 425 g/mol. The number of nitrogens with two attached hydrogens (primary N) is 4. The van der Waals surface area contributed by atoms with Crippen LogP contribution in [0.5, 0.6) is 0 Å². The van der Waals surface area contributed by atoms with Gasteiger partial charge in [-0.3, -0.25) is 10.2 Å². The van der Waals surface area contributed by atoms with E-state index >= 15 is 0 Å². The lowest BCUT2D eigenvalue weighted by atomic mass is 10.2. The number of carbonyl (C=O) groups excluding carboxylic acids is 1. The highest BCUT2D eigenvalue weighted by atomic mass is 35.5. The first-order chi connectivity index (χ1) is 12.8. The normalized spacial score (nSPS) is 8.96. The van der Waals surface area contributed by atoms with E-state index in [0.29, 0.717) is 15.6 Å². The van der Waals surface area contributed by atoms with Gasteiger partial charge >= 0.3 is 0 Å². The monoisotopic (exact) mass is 445 g/mol. The summed E-state index contributed by atoms with van der Waals surface area (Å²) in [5, 5.41) is 14.7. The number of rotatable bonds is 4. The molecule has 0 radical (unpaired) electrons. The summed E-state index contributed by atoms with van der Waals surface area (Å²) >= 11 is 11.3. The maximum Gasteiger partial charge on any atom is 0.211 e. The van der Waals surface area contributed by atoms with Crippen molar-refractivity contribution < 1.29 is 4.79 Å². The van der Waals surface area contributed by atoms with Crippen LogP contribution >= 0.6 is 35.6 Å². The van der Waals surface area contributed by atoms with Gasteiger partial charge in [-0.1, -0.05) is 47.5 Å². The van der Waals surface area contributed by atoms with E-state index in [1.54, 1.807) is 36.4 Å². The second kappa shape index (κ2) is 16.5. The maximum absolute atomic E-state index is 10.1. The molecule has 0 atom stereocenters. The summed E-state index contributed by atoms with van der Waals surface area (Å²) in [6, 6.07) is 14.0. The molecule has 0 bridgehead atoms. The predicted molar refractivity (Wildman–Crippen MR) is 120 cm³/mol. The summed E-state index contributed by atoms with van der Waals surface area (Å²) in [6.45, 7) is 0.167. The van der Waals surface area contributed by atoms with Crippen molar-refractivity contribution in [2.75, 3.05) is 6.54 Å². The van der Waals surface area contributed by atoms with E-state index in [-0.39, 0.29) is 30.7 Å². The third kappa shape index (κ3) is 15.6. The predicted octanol–water partition coefficient (Wildman–Crippen LogP) is 2.40. The summed E-state index contributed by atoms with van der Waals surface area (Å²) < 4.78 is 0. The molecule has 0 aromatic heterocycles. The number of nitrogens with one attached hydrogen (secondary N) is 1. The summed E-state index contributed by atoms with van der Waals surface area (Å²) in [4.78, 5) is 10.1. The SMILES string of the molecule is Cl.N=C(N)CN.NC(N)=N/N=C/c1cccc(Cl)c1.O=Cc1cccc(Cl)c1. The molecule has 152 valence electrons. The first kappa shape index (κ1) is 27.6. The Bertz CT molecular complexity index is 794. The van der Waals surface area contributed by atoms with Crippen molar-refractivity contribution in [3.8, 4) is 0 Å². The van der Waals surface area contributed by atoms with E-state index in [2.05, 4.69) is 10.2 Å². The lowest BCUT2D eigenvalue weighted by Crippen LogP contribution is -2.21. The van der Waals surface area contributed by atoms with Crippen molar-refractivity contribution >= 4 is 59.9 Å². The Hall–Kier alpha value is -2.65. The van der Waals surface area contributed by atoms with Crippen molar-refractivity contribution in [2.45, 2.75) is 0 Å². The van der Waals surface area contributed by atoms with Crippen LogP contribution in [0.25, 0.3) is 0 Å². The Balaban J connectivity index is 0. The summed E-state index contributed by atoms with van der Waals surface area (Å²) in [5.74, 6) is -0.0386. The van der Waals surface area contributed by atoms with E-state index in [4.69, 9.17) is 51.5 Å².